The lowest BCUT2D eigenvalue weighted by molar-refractivity contribution is -0.144. The van der Waals surface area contributed by atoms with Gasteiger partial charge in [0.15, 0.2) is 0 Å². The molecular weight excluding hydrogens is 268 g/mol. The second kappa shape index (κ2) is 7.78. The van der Waals surface area contributed by atoms with E-state index in [1.54, 1.807) is 0 Å². The number of amides is 2. The van der Waals surface area contributed by atoms with Crippen molar-refractivity contribution >= 4 is 11.8 Å². The molecule has 2 fully saturated rings. The number of piperidine rings is 1. The number of hydrogen-bond donors (Lipinski definition) is 0. The van der Waals surface area contributed by atoms with Crippen LogP contribution in [0.15, 0.2) is 0 Å². The summed E-state index contributed by atoms with van der Waals surface area (Å²) >= 11 is 0. The van der Waals surface area contributed by atoms with Gasteiger partial charge in [0.05, 0.1) is 19.1 Å². The molecule has 5 nitrogen and oxygen atoms in total. The van der Waals surface area contributed by atoms with Gasteiger partial charge in [0.25, 0.3) is 0 Å². The van der Waals surface area contributed by atoms with Crippen molar-refractivity contribution in [3.8, 4) is 0 Å². The summed E-state index contributed by atoms with van der Waals surface area (Å²) in [6.07, 6.45) is 3.38. The minimum absolute atomic E-state index is 0.0140. The molecule has 0 aromatic rings. The summed E-state index contributed by atoms with van der Waals surface area (Å²) in [6.45, 7) is 8.33. The second-order valence-corrected chi connectivity index (χ2v) is 6.55. The van der Waals surface area contributed by atoms with Crippen molar-refractivity contribution < 1.29 is 14.3 Å². The highest BCUT2D eigenvalue weighted by atomic mass is 16.5. The number of ether oxygens (including phenoxy) is 1. The largest absolute Gasteiger partial charge is 0.378 e. The molecule has 0 aromatic carbocycles. The topological polar surface area (TPSA) is 49.9 Å². The lowest BCUT2D eigenvalue weighted by Crippen LogP contribution is -2.49. The van der Waals surface area contributed by atoms with E-state index in [0.29, 0.717) is 45.2 Å². The molecule has 0 aromatic heterocycles. The molecule has 2 rings (SSSR count). The zero-order chi connectivity index (χ0) is 15.2. The Bertz CT molecular complexity index is 365. The van der Waals surface area contributed by atoms with Crippen LogP contribution in [0, 0.1) is 11.8 Å². The maximum Gasteiger partial charge on any atom is 0.227 e. The van der Waals surface area contributed by atoms with Gasteiger partial charge in [-0.05, 0) is 25.2 Å². The normalized spacial score (nSPS) is 23.5. The molecule has 2 aliphatic rings. The van der Waals surface area contributed by atoms with Gasteiger partial charge >= 0.3 is 0 Å². The Morgan fingerprint density at radius 2 is 1.86 bits per heavy atom. The summed E-state index contributed by atoms with van der Waals surface area (Å²) in [5, 5.41) is 0. The van der Waals surface area contributed by atoms with E-state index < -0.39 is 0 Å². The predicted molar refractivity (Wildman–Crippen MR) is 80.8 cm³/mol. The van der Waals surface area contributed by atoms with Crippen molar-refractivity contribution in [3.63, 3.8) is 0 Å². The molecular formula is C16H28N2O3. The lowest BCUT2D eigenvalue weighted by atomic mass is 9.95. The van der Waals surface area contributed by atoms with Gasteiger partial charge in [-0.1, -0.05) is 13.8 Å². The molecule has 0 spiro atoms. The van der Waals surface area contributed by atoms with Gasteiger partial charge in [-0.3, -0.25) is 9.59 Å². The maximum absolute atomic E-state index is 12.5. The van der Waals surface area contributed by atoms with Crippen molar-refractivity contribution in [2.45, 2.75) is 39.5 Å². The quantitative estimate of drug-likeness (QED) is 0.790. The Morgan fingerprint density at radius 1 is 1.14 bits per heavy atom. The molecule has 0 saturated carbocycles. The zero-order valence-corrected chi connectivity index (χ0v) is 13.3. The minimum Gasteiger partial charge on any atom is -0.378 e. The van der Waals surface area contributed by atoms with E-state index >= 15 is 0 Å². The van der Waals surface area contributed by atoms with Gasteiger partial charge < -0.3 is 14.5 Å². The highest BCUT2D eigenvalue weighted by Gasteiger charge is 2.31. The minimum atomic E-state index is -0.0140. The van der Waals surface area contributed by atoms with E-state index in [-0.39, 0.29) is 17.7 Å². The first-order chi connectivity index (χ1) is 10.1. The van der Waals surface area contributed by atoms with Gasteiger partial charge in [-0.2, -0.15) is 0 Å². The zero-order valence-electron chi connectivity index (χ0n) is 13.3. The molecule has 2 aliphatic heterocycles. The molecule has 1 unspecified atom stereocenters. The summed E-state index contributed by atoms with van der Waals surface area (Å²) in [5.74, 6) is 0.951. The number of rotatable bonds is 4. The Morgan fingerprint density at radius 3 is 2.52 bits per heavy atom. The van der Waals surface area contributed by atoms with E-state index in [9.17, 15) is 9.59 Å². The molecule has 0 radical (unpaired) electrons. The highest BCUT2D eigenvalue weighted by Crippen LogP contribution is 2.21. The summed E-state index contributed by atoms with van der Waals surface area (Å²) in [5.41, 5.74) is 0. The summed E-state index contributed by atoms with van der Waals surface area (Å²) in [4.78, 5) is 28.5. The smallest absolute Gasteiger partial charge is 0.227 e. The number of morpholine rings is 1. The van der Waals surface area contributed by atoms with Crippen LogP contribution in [0.5, 0.6) is 0 Å². The van der Waals surface area contributed by atoms with Gasteiger partial charge in [0, 0.05) is 32.6 Å². The number of carbonyl (C=O) groups excluding carboxylic acids is 2. The van der Waals surface area contributed by atoms with Crippen LogP contribution in [0.25, 0.3) is 0 Å². The lowest BCUT2D eigenvalue weighted by Gasteiger charge is -2.36. The first-order valence-electron chi connectivity index (χ1n) is 8.22. The van der Waals surface area contributed by atoms with Crippen LogP contribution in [-0.4, -0.2) is 61.0 Å². The van der Waals surface area contributed by atoms with Crippen molar-refractivity contribution in [3.05, 3.63) is 0 Å². The number of nitrogens with zero attached hydrogens (tertiary/aromatic N) is 2. The Balaban J connectivity index is 1.84. The molecule has 21 heavy (non-hydrogen) atoms. The van der Waals surface area contributed by atoms with Crippen LogP contribution in [0.4, 0.5) is 0 Å². The molecule has 2 heterocycles. The van der Waals surface area contributed by atoms with Crippen LogP contribution in [0.1, 0.15) is 39.5 Å². The van der Waals surface area contributed by atoms with E-state index in [1.807, 2.05) is 9.80 Å². The highest BCUT2D eigenvalue weighted by molar-refractivity contribution is 5.81. The molecule has 5 heteroatoms. The first kappa shape index (κ1) is 16.3. The molecule has 1 atom stereocenters. The second-order valence-electron chi connectivity index (χ2n) is 6.55. The van der Waals surface area contributed by atoms with Crippen LogP contribution in [0.2, 0.25) is 0 Å². The molecule has 2 saturated heterocycles. The van der Waals surface area contributed by atoms with E-state index in [0.717, 1.165) is 25.8 Å². The molecule has 0 bridgehead atoms. The molecule has 0 aliphatic carbocycles. The standard InChI is InChI=1S/C16H28N2O3/c1-13(2)5-6-15(19)18-7-3-4-14(12-18)16(20)17-8-10-21-11-9-17/h13-14H,3-12H2,1-2H3. The van der Waals surface area contributed by atoms with Crippen molar-refractivity contribution in [2.75, 3.05) is 39.4 Å². The van der Waals surface area contributed by atoms with Crippen molar-refractivity contribution in [2.24, 2.45) is 11.8 Å². The average Bonchev–Trinajstić information content (AvgIpc) is 2.52. The van der Waals surface area contributed by atoms with E-state index in [2.05, 4.69) is 13.8 Å². The summed E-state index contributed by atoms with van der Waals surface area (Å²) in [6, 6.07) is 0. The predicted octanol–water partition coefficient (Wildman–Crippen LogP) is 1.52. The van der Waals surface area contributed by atoms with Crippen LogP contribution >= 0.6 is 0 Å². The number of likely N-dealkylation sites (tertiary alicyclic amines) is 1. The van der Waals surface area contributed by atoms with Gasteiger partial charge in [-0.15, -0.1) is 0 Å². The third-order valence-corrected chi connectivity index (χ3v) is 4.38. The SMILES string of the molecule is CC(C)CCC(=O)N1CCCC(C(=O)N2CCOCC2)C1. The fourth-order valence-electron chi connectivity index (χ4n) is 3.02. The Labute approximate surface area is 127 Å². The third-order valence-electron chi connectivity index (χ3n) is 4.38. The first-order valence-corrected chi connectivity index (χ1v) is 8.22. The molecule has 2 amide bonds. The third kappa shape index (κ3) is 4.70. The van der Waals surface area contributed by atoms with Crippen LogP contribution < -0.4 is 0 Å². The fourth-order valence-corrected chi connectivity index (χ4v) is 3.02. The number of hydrogen-bond acceptors (Lipinski definition) is 3. The van der Waals surface area contributed by atoms with Gasteiger partial charge in [0.1, 0.15) is 0 Å². The van der Waals surface area contributed by atoms with Crippen molar-refractivity contribution in [1.29, 1.82) is 0 Å². The fraction of sp³-hybridized carbons (Fsp3) is 0.875. The van der Waals surface area contributed by atoms with Crippen molar-refractivity contribution in [1.82, 2.24) is 9.80 Å². The van der Waals surface area contributed by atoms with Gasteiger partial charge in [0.2, 0.25) is 11.8 Å². The van der Waals surface area contributed by atoms with Crippen LogP contribution in [0.3, 0.4) is 0 Å². The van der Waals surface area contributed by atoms with E-state index in [1.165, 1.54) is 0 Å². The number of carbonyl (C=O) groups is 2. The molecule has 0 N–H and O–H groups in total. The van der Waals surface area contributed by atoms with Gasteiger partial charge in [-0.25, -0.2) is 0 Å². The summed E-state index contributed by atoms with van der Waals surface area (Å²) < 4.78 is 5.29. The molecule has 120 valence electrons. The van der Waals surface area contributed by atoms with Crippen LogP contribution in [-0.2, 0) is 14.3 Å². The monoisotopic (exact) mass is 296 g/mol. The Kier molecular flexibility index (Phi) is 6.03. The van der Waals surface area contributed by atoms with E-state index in [4.69, 9.17) is 4.74 Å². The average molecular weight is 296 g/mol. The Hall–Kier alpha value is -1.10. The maximum atomic E-state index is 12.5. The summed E-state index contributed by atoms with van der Waals surface area (Å²) in [7, 11) is 0.